The molecule has 0 saturated carbocycles. The van der Waals surface area contributed by atoms with Gasteiger partial charge in [-0.25, -0.2) is 4.98 Å². The van der Waals surface area contributed by atoms with E-state index >= 15 is 0 Å². The van der Waals surface area contributed by atoms with Crippen molar-refractivity contribution in [2.24, 2.45) is 0 Å². The molecule has 0 aliphatic heterocycles. The summed E-state index contributed by atoms with van der Waals surface area (Å²) in [7, 11) is 1.58. The van der Waals surface area contributed by atoms with Crippen LogP contribution in [0.15, 0.2) is 59.5 Å². The van der Waals surface area contributed by atoms with E-state index in [4.69, 9.17) is 4.74 Å². The highest BCUT2D eigenvalue weighted by molar-refractivity contribution is 5.96. The molecule has 4 nitrogen and oxygen atoms in total. The molecule has 0 aliphatic carbocycles. The average molecular weight is 276 g/mol. The van der Waals surface area contributed by atoms with Gasteiger partial charge in [-0.3, -0.25) is 9.20 Å². The third-order valence-corrected chi connectivity index (χ3v) is 3.71. The summed E-state index contributed by atoms with van der Waals surface area (Å²) in [5.74, 6) is 0.655. The molecular weight excluding hydrogens is 264 g/mol. The Balaban J connectivity index is 2.24. The molecule has 4 heteroatoms. The van der Waals surface area contributed by atoms with Crippen molar-refractivity contribution in [2.75, 3.05) is 7.11 Å². The van der Waals surface area contributed by atoms with Gasteiger partial charge in [0.05, 0.1) is 18.0 Å². The molecule has 102 valence electrons. The molecule has 4 rings (SSSR count). The lowest BCUT2D eigenvalue weighted by Crippen LogP contribution is -2.15. The Morgan fingerprint density at radius 2 is 1.90 bits per heavy atom. The van der Waals surface area contributed by atoms with Gasteiger partial charge in [-0.15, -0.1) is 0 Å². The Kier molecular flexibility index (Phi) is 2.44. The molecule has 0 fully saturated rings. The molecule has 21 heavy (non-hydrogen) atoms. The van der Waals surface area contributed by atoms with E-state index < -0.39 is 0 Å². The number of hydrogen-bond donors (Lipinski definition) is 0. The molecule has 0 atom stereocenters. The first-order chi connectivity index (χ1) is 10.3. The zero-order chi connectivity index (χ0) is 14.4. The monoisotopic (exact) mass is 276 g/mol. The van der Waals surface area contributed by atoms with Crippen LogP contribution in [-0.4, -0.2) is 16.5 Å². The second-order valence-electron chi connectivity index (χ2n) is 4.90. The summed E-state index contributed by atoms with van der Waals surface area (Å²) in [6, 6.07) is 15.2. The van der Waals surface area contributed by atoms with Crippen molar-refractivity contribution in [1.82, 2.24) is 9.38 Å². The number of fused-ring (bicyclic) bond motifs is 4. The number of pyridine rings is 1. The number of benzene rings is 2. The lowest BCUT2D eigenvalue weighted by Gasteiger charge is -2.07. The van der Waals surface area contributed by atoms with Gasteiger partial charge in [-0.2, -0.15) is 0 Å². The van der Waals surface area contributed by atoms with Crippen LogP contribution in [0.1, 0.15) is 0 Å². The van der Waals surface area contributed by atoms with Crippen LogP contribution in [0, 0.1) is 0 Å². The van der Waals surface area contributed by atoms with Crippen molar-refractivity contribution in [3.63, 3.8) is 0 Å². The molecule has 0 bridgehead atoms. The molecule has 0 aliphatic rings. The molecule has 0 radical (unpaired) electrons. The summed E-state index contributed by atoms with van der Waals surface area (Å²) in [4.78, 5) is 17.3. The highest BCUT2D eigenvalue weighted by Crippen LogP contribution is 2.21. The lowest BCUT2D eigenvalue weighted by atomic mass is 10.1. The fourth-order valence-electron chi connectivity index (χ4n) is 2.63. The van der Waals surface area contributed by atoms with Gasteiger partial charge in [0, 0.05) is 11.6 Å². The van der Waals surface area contributed by atoms with Gasteiger partial charge in [-0.1, -0.05) is 24.3 Å². The van der Waals surface area contributed by atoms with Crippen LogP contribution in [0.4, 0.5) is 0 Å². The first-order valence-corrected chi connectivity index (χ1v) is 6.66. The number of aromatic nitrogens is 2. The van der Waals surface area contributed by atoms with E-state index in [0.29, 0.717) is 22.3 Å². The van der Waals surface area contributed by atoms with Crippen LogP contribution in [-0.2, 0) is 0 Å². The van der Waals surface area contributed by atoms with Crippen molar-refractivity contribution in [3.05, 3.63) is 65.1 Å². The fourth-order valence-corrected chi connectivity index (χ4v) is 2.63. The maximum Gasteiger partial charge on any atom is 0.265 e. The lowest BCUT2D eigenvalue weighted by molar-refractivity contribution is 0.415. The molecule has 4 aromatic rings. The van der Waals surface area contributed by atoms with Gasteiger partial charge in [0.1, 0.15) is 11.4 Å². The summed E-state index contributed by atoms with van der Waals surface area (Å²) in [6.07, 6.45) is 1.77. The molecule has 2 aromatic heterocycles. The highest BCUT2D eigenvalue weighted by Gasteiger charge is 2.09. The minimum absolute atomic E-state index is 0.0837. The maximum atomic E-state index is 12.7. The predicted octanol–water partition coefficient (Wildman–Crippen LogP) is 3.01. The van der Waals surface area contributed by atoms with Crippen LogP contribution in [0.5, 0.6) is 5.75 Å². The molecule has 0 spiro atoms. The molecular formula is C17H12N2O2. The largest absolute Gasteiger partial charge is 0.497 e. The molecule has 0 saturated heterocycles. The number of ether oxygens (including phenoxy) is 1. The highest BCUT2D eigenvalue weighted by atomic mass is 16.5. The third kappa shape index (κ3) is 1.69. The zero-order valence-electron chi connectivity index (χ0n) is 11.4. The van der Waals surface area contributed by atoms with Gasteiger partial charge in [0.2, 0.25) is 0 Å². The molecule has 0 amide bonds. The van der Waals surface area contributed by atoms with Gasteiger partial charge in [0.15, 0.2) is 0 Å². The minimum atomic E-state index is -0.0837. The predicted molar refractivity (Wildman–Crippen MR) is 83.0 cm³/mol. The topological polar surface area (TPSA) is 43.6 Å². The Hall–Kier alpha value is -2.88. The third-order valence-electron chi connectivity index (χ3n) is 3.71. The summed E-state index contributed by atoms with van der Waals surface area (Å²) in [6.45, 7) is 0. The first-order valence-electron chi connectivity index (χ1n) is 6.66. The second kappa shape index (κ2) is 4.31. The van der Waals surface area contributed by atoms with E-state index in [1.54, 1.807) is 23.8 Å². The molecule has 2 aromatic carbocycles. The molecule has 2 heterocycles. The second-order valence-corrected chi connectivity index (χ2v) is 4.90. The minimum Gasteiger partial charge on any atom is -0.497 e. The summed E-state index contributed by atoms with van der Waals surface area (Å²) in [5, 5.41) is 2.59. The molecule has 0 N–H and O–H groups in total. The van der Waals surface area contributed by atoms with Gasteiger partial charge >= 0.3 is 0 Å². The van der Waals surface area contributed by atoms with Crippen molar-refractivity contribution in [2.45, 2.75) is 0 Å². The van der Waals surface area contributed by atoms with E-state index in [1.165, 1.54) is 0 Å². The number of methoxy groups -OCH3 is 1. The van der Waals surface area contributed by atoms with Crippen LogP contribution in [0.3, 0.4) is 0 Å². The van der Waals surface area contributed by atoms with Crippen LogP contribution < -0.4 is 10.3 Å². The number of hydrogen-bond acceptors (Lipinski definition) is 3. The quantitative estimate of drug-likeness (QED) is 0.396. The summed E-state index contributed by atoms with van der Waals surface area (Å²) >= 11 is 0. The SMILES string of the molecule is COc1ccc2nc3c4ccccc4ccn3c(=O)c2c1. The Bertz CT molecular complexity index is 1050. The Morgan fingerprint density at radius 1 is 1.05 bits per heavy atom. The van der Waals surface area contributed by atoms with E-state index in [-0.39, 0.29) is 5.56 Å². The van der Waals surface area contributed by atoms with Gasteiger partial charge in [0.25, 0.3) is 5.56 Å². The summed E-state index contributed by atoms with van der Waals surface area (Å²) in [5.41, 5.74) is 1.27. The Labute approximate surface area is 120 Å². The summed E-state index contributed by atoms with van der Waals surface area (Å²) < 4.78 is 6.77. The van der Waals surface area contributed by atoms with E-state index in [2.05, 4.69) is 4.98 Å². The van der Waals surface area contributed by atoms with Crippen molar-refractivity contribution in [3.8, 4) is 5.75 Å². The van der Waals surface area contributed by atoms with Crippen molar-refractivity contribution >= 4 is 27.3 Å². The van der Waals surface area contributed by atoms with Crippen molar-refractivity contribution < 1.29 is 4.74 Å². The van der Waals surface area contributed by atoms with Gasteiger partial charge in [-0.05, 0) is 29.7 Å². The van der Waals surface area contributed by atoms with Crippen molar-refractivity contribution in [1.29, 1.82) is 0 Å². The van der Waals surface area contributed by atoms with Crippen LogP contribution in [0.2, 0.25) is 0 Å². The normalized spacial score (nSPS) is 11.3. The van der Waals surface area contributed by atoms with Gasteiger partial charge < -0.3 is 4.74 Å². The van der Waals surface area contributed by atoms with E-state index in [1.807, 2.05) is 42.5 Å². The van der Waals surface area contributed by atoms with E-state index in [0.717, 1.165) is 10.8 Å². The Morgan fingerprint density at radius 3 is 2.76 bits per heavy atom. The smallest absolute Gasteiger partial charge is 0.265 e. The fraction of sp³-hybridized carbons (Fsp3) is 0.0588. The van der Waals surface area contributed by atoms with Crippen LogP contribution >= 0.6 is 0 Å². The standard InChI is InChI=1S/C17H12N2O2/c1-21-12-6-7-15-14(10-12)17(20)19-9-8-11-4-2-3-5-13(11)16(19)18-15/h2-10H,1H3. The molecule has 0 unspecified atom stereocenters. The zero-order valence-corrected chi connectivity index (χ0v) is 11.4. The number of rotatable bonds is 1. The van der Waals surface area contributed by atoms with E-state index in [9.17, 15) is 4.79 Å². The average Bonchev–Trinajstić information content (AvgIpc) is 2.54. The number of nitrogens with zero attached hydrogens (tertiary/aromatic N) is 2. The maximum absolute atomic E-state index is 12.7. The van der Waals surface area contributed by atoms with Crippen LogP contribution in [0.25, 0.3) is 27.3 Å². The first kappa shape index (κ1) is 11.9.